The first-order valence-electron chi connectivity index (χ1n) is 4.13. The molecule has 0 unspecified atom stereocenters. The lowest BCUT2D eigenvalue weighted by Gasteiger charge is -2.09. The Kier molecular flexibility index (Phi) is 6.64. The SMILES string of the molecule is NCCC[C@@H](N)CC(=O)N[13CH2]N. The lowest BCUT2D eigenvalue weighted by atomic mass is 10.1. The molecule has 0 aliphatic carbocycles. The predicted molar refractivity (Wildman–Crippen MR) is 48.1 cm³/mol. The Balaban J connectivity index is 3.40. The van der Waals surface area contributed by atoms with Crippen LogP contribution < -0.4 is 22.5 Å². The van der Waals surface area contributed by atoms with Crippen LogP contribution in [0.25, 0.3) is 0 Å². The van der Waals surface area contributed by atoms with Crippen molar-refractivity contribution in [3.05, 3.63) is 0 Å². The van der Waals surface area contributed by atoms with E-state index in [1.165, 1.54) is 0 Å². The molecule has 0 saturated heterocycles. The van der Waals surface area contributed by atoms with Crippen molar-refractivity contribution >= 4 is 5.91 Å². The lowest BCUT2D eigenvalue weighted by molar-refractivity contribution is -0.121. The summed E-state index contributed by atoms with van der Waals surface area (Å²) in [4.78, 5) is 10.9. The first-order valence-corrected chi connectivity index (χ1v) is 4.13. The van der Waals surface area contributed by atoms with E-state index in [9.17, 15) is 4.79 Å². The van der Waals surface area contributed by atoms with Crippen molar-refractivity contribution in [3.63, 3.8) is 0 Å². The number of carbonyl (C=O) groups is 1. The van der Waals surface area contributed by atoms with Gasteiger partial charge in [-0.15, -0.1) is 0 Å². The van der Waals surface area contributed by atoms with Crippen LogP contribution in [0.3, 0.4) is 0 Å². The number of nitrogens with one attached hydrogen (secondary N) is 1. The highest BCUT2D eigenvalue weighted by Crippen LogP contribution is 1.97. The van der Waals surface area contributed by atoms with Crippen LogP contribution in [0.2, 0.25) is 0 Å². The van der Waals surface area contributed by atoms with Gasteiger partial charge in [-0.1, -0.05) is 0 Å². The van der Waals surface area contributed by atoms with Gasteiger partial charge < -0.3 is 22.5 Å². The lowest BCUT2D eigenvalue weighted by Crippen LogP contribution is -2.34. The molecule has 0 aliphatic heterocycles. The van der Waals surface area contributed by atoms with E-state index in [2.05, 4.69) is 5.32 Å². The highest BCUT2D eigenvalue weighted by Gasteiger charge is 2.07. The molecule has 0 aromatic carbocycles. The van der Waals surface area contributed by atoms with E-state index < -0.39 is 0 Å². The Bertz CT molecular complexity index is 129. The highest BCUT2D eigenvalue weighted by atomic mass is 16.2. The van der Waals surface area contributed by atoms with Crippen LogP contribution >= 0.6 is 0 Å². The van der Waals surface area contributed by atoms with E-state index in [0.717, 1.165) is 12.8 Å². The summed E-state index contributed by atoms with van der Waals surface area (Å²) in [6.45, 7) is 0.786. The second kappa shape index (κ2) is 7.02. The normalized spacial score (nSPS) is 12.6. The molecule has 7 N–H and O–H groups in total. The summed E-state index contributed by atoms with van der Waals surface area (Å²) in [6.07, 6.45) is 1.97. The van der Waals surface area contributed by atoms with Crippen LogP contribution in [-0.2, 0) is 4.79 Å². The average molecular weight is 175 g/mol. The van der Waals surface area contributed by atoms with Crippen LogP contribution in [0.1, 0.15) is 19.3 Å². The van der Waals surface area contributed by atoms with Crippen molar-refractivity contribution in [2.45, 2.75) is 25.3 Å². The zero-order chi connectivity index (χ0) is 9.40. The maximum Gasteiger partial charge on any atom is 0.222 e. The van der Waals surface area contributed by atoms with Gasteiger partial charge >= 0.3 is 0 Å². The number of amides is 1. The topological polar surface area (TPSA) is 107 Å². The first-order chi connectivity index (χ1) is 5.70. The van der Waals surface area contributed by atoms with Crippen LogP contribution in [0.15, 0.2) is 0 Å². The van der Waals surface area contributed by atoms with Crippen LogP contribution in [0.5, 0.6) is 0 Å². The van der Waals surface area contributed by atoms with Crippen LogP contribution in [0, 0.1) is 0 Å². The van der Waals surface area contributed by atoms with Gasteiger partial charge in [-0.25, -0.2) is 0 Å². The molecule has 0 saturated carbocycles. The van der Waals surface area contributed by atoms with Gasteiger partial charge in [-0.05, 0) is 19.4 Å². The van der Waals surface area contributed by atoms with Gasteiger partial charge in [0, 0.05) is 12.5 Å². The molecule has 12 heavy (non-hydrogen) atoms. The molecule has 1 atom stereocenters. The third-order valence-electron chi connectivity index (χ3n) is 1.53. The highest BCUT2D eigenvalue weighted by molar-refractivity contribution is 5.76. The fourth-order valence-corrected chi connectivity index (χ4v) is 0.906. The Morgan fingerprint density at radius 1 is 1.42 bits per heavy atom. The Morgan fingerprint density at radius 3 is 2.58 bits per heavy atom. The van der Waals surface area contributed by atoms with Crippen molar-refractivity contribution < 1.29 is 4.79 Å². The Morgan fingerprint density at radius 2 is 2.08 bits per heavy atom. The van der Waals surface area contributed by atoms with E-state index in [0.29, 0.717) is 13.0 Å². The van der Waals surface area contributed by atoms with Crippen molar-refractivity contribution in [2.75, 3.05) is 13.2 Å². The van der Waals surface area contributed by atoms with Crippen molar-refractivity contribution in [1.29, 1.82) is 0 Å². The molecular weight excluding hydrogens is 157 g/mol. The summed E-state index contributed by atoms with van der Waals surface area (Å²) in [5.41, 5.74) is 16.0. The number of hydrogen-bond acceptors (Lipinski definition) is 4. The summed E-state index contributed by atoms with van der Waals surface area (Å²) >= 11 is 0. The van der Waals surface area contributed by atoms with E-state index in [-0.39, 0.29) is 18.6 Å². The van der Waals surface area contributed by atoms with Gasteiger partial charge in [-0.3, -0.25) is 4.79 Å². The van der Waals surface area contributed by atoms with Gasteiger partial charge in [0.1, 0.15) is 0 Å². The van der Waals surface area contributed by atoms with Crippen LogP contribution in [0.4, 0.5) is 0 Å². The van der Waals surface area contributed by atoms with E-state index >= 15 is 0 Å². The third-order valence-corrected chi connectivity index (χ3v) is 1.53. The van der Waals surface area contributed by atoms with Crippen molar-refractivity contribution in [3.8, 4) is 0 Å². The van der Waals surface area contributed by atoms with Gasteiger partial charge in [0.05, 0.1) is 6.67 Å². The zero-order valence-corrected chi connectivity index (χ0v) is 7.25. The smallest absolute Gasteiger partial charge is 0.222 e. The molecule has 72 valence electrons. The second-order valence-corrected chi connectivity index (χ2v) is 2.70. The predicted octanol–water partition coefficient (Wildman–Crippen LogP) is -1.52. The molecule has 0 aromatic rings. The molecule has 0 fully saturated rings. The van der Waals surface area contributed by atoms with Gasteiger partial charge in [0.2, 0.25) is 5.91 Å². The maximum atomic E-state index is 10.9. The molecule has 1 amide bonds. The summed E-state index contributed by atoms with van der Waals surface area (Å²) in [5, 5.41) is 2.48. The molecule has 0 aromatic heterocycles. The third kappa shape index (κ3) is 6.09. The fourth-order valence-electron chi connectivity index (χ4n) is 0.906. The van der Waals surface area contributed by atoms with Crippen LogP contribution in [-0.4, -0.2) is 25.2 Å². The molecule has 0 bridgehead atoms. The minimum Gasteiger partial charge on any atom is -0.344 e. The number of hydrogen-bond donors (Lipinski definition) is 4. The minimum absolute atomic E-state index is 0.0954. The molecule has 0 heterocycles. The van der Waals surface area contributed by atoms with Gasteiger partial charge in [0.15, 0.2) is 0 Å². The molecule has 5 nitrogen and oxygen atoms in total. The molecular formula is C7H18N4O. The second-order valence-electron chi connectivity index (χ2n) is 2.70. The zero-order valence-electron chi connectivity index (χ0n) is 7.25. The van der Waals surface area contributed by atoms with E-state index in [1.807, 2.05) is 0 Å². The maximum absolute atomic E-state index is 10.9. The van der Waals surface area contributed by atoms with E-state index in [1.54, 1.807) is 0 Å². The summed E-state index contributed by atoms with van der Waals surface area (Å²) < 4.78 is 0. The fraction of sp³-hybridized carbons (Fsp3) is 0.857. The van der Waals surface area contributed by atoms with E-state index in [4.69, 9.17) is 17.2 Å². The van der Waals surface area contributed by atoms with Crippen molar-refractivity contribution in [1.82, 2.24) is 5.32 Å². The summed E-state index contributed by atoms with van der Waals surface area (Å²) in [6, 6.07) is -0.0971. The Hall–Kier alpha value is -0.650. The van der Waals surface area contributed by atoms with Gasteiger partial charge in [0.25, 0.3) is 0 Å². The molecule has 0 rings (SSSR count). The minimum atomic E-state index is -0.0971. The van der Waals surface area contributed by atoms with Crippen molar-refractivity contribution in [2.24, 2.45) is 17.2 Å². The Labute approximate surface area is 72.7 Å². The molecule has 5 heteroatoms. The molecule has 0 aliphatic rings. The molecule has 0 radical (unpaired) electrons. The molecule has 0 spiro atoms. The number of rotatable bonds is 6. The largest absolute Gasteiger partial charge is 0.344 e. The quantitative estimate of drug-likeness (QED) is 0.290. The number of carbonyl (C=O) groups excluding carboxylic acids is 1. The number of nitrogens with two attached hydrogens (primary N) is 3. The summed E-state index contributed by atoms with van der Waals surface area (Å²) in [5.74, 6) is -0.0954. The summed E-state index contributed by atoms with van der Waals surface area (Å²) in [7, 11) is 0. The standard InChI is InChI=1S/C7H18N4O/c8-3-1-2-6(10)4-7(12)11-5-9/h6H,1-5,8-10H2,(H,11,12)/t6-/m1/s1/i5+1. The first kappa shape index (κ1) is 11.4. The average Bonchev–Trinajstić information content (AvgIpc) is 2.01. The van der Waals surface area contributed by atoms with Gasteiger partial charge in [-0.2, -0.15) is 0 Å². The monoisotopic (exact) mass is 175 g/mol.